The lowest BCUT2D eigenvalue weighted by Crippen LogP contribution is -2.50. The van der Waals surface area contributed by atoms with Gasteiger partial charge in [0.1, 0.15) is 23.4 Å². The summed E-state index contributed by atoms with van der Waals surface area (Å²) in [5.74, 6) is 0.594. The van der Waals surface area contributed by atoms with Crippen molar-refractivity contribution in [3.05, 3.63) is 47.5 Å². The Labute approximate surface area is 164 Å². The predicted octanol–water partition coefficient (Wildman–Crippen LogP) is 1.45. The maximum atomic E-state index is 11.7. The average molecular weight is 404 g/mol. The number of rotatable bonds is 4. The molecule has 0 aromatic heterocycles. The monoisotopic (exact) mass is 404 g/mol. The first kappa shape index (κ1) is 19.0. The summed E-state index contributed by atoms with van der Waals surface area (Å²) < 4.78 is 29.6. The van der Waals surface area contributed by atoms with E-state index in [-0.39, 0.29) is 22.4 Å². The number of aromatic hydroxyl groups is 2. The van der Waals surface area contributed by atoms with E-state index in [2.05, 4.69) is 10.2 Å². The van der Waals surface area contributed by atoms with Crippen LogP contribution in [0.25, 0.3) is 0 Å². The molecular weight excluding hydrogens is 380 g/mol. The lowest BCUT2D eigenvalue weighted by molar-refractivity contribution is 0.0682. The SMILES string of the molecule is CS(=O)(=O)c1ccc(OC2c3c(O)cc(O)cc3CC2N2CCNCC2)cc1. The van der Waals surface area contributed by atoms with Gasteiger partial charge in [0, 0.05) is 44.1 Å². The molecule has 150 valence electrons. The molecule has 8 heteroatoms. The van der Waals surface area contributed by atoms with Crippen molar-refractivity contribution < 1.29 is 23.4 Å². The van der Waals surface area contributed by atoms with Crippen LogP contribution in [0.2, 0.25) is 0 Å². The highest BCUT2D eigenvalue weighted by Crippen LogP contribution is 2.44. The molecule has 1 heterocycles. The van der Waals surface area contributed by atoms with Gasteiger partial charge in [-0.15, -0.1) is 0 Å². The van der Waals surface area contributed by atoms with Crippen molar-refractivity contribution in [1.82, 2.24) is 10.2 Å². The number of ether oxygens (including phenoxy) is 1. The van der Waals surface area contributed by atoms with Gasteiger partial charge in [-0.3, -0.25) is 4.90 Å². The second-order valence-electron chi connectivity index (χ2n) is 7.38. The molecule has 3 N–H and O–H groups in total. The summed E-state index contributed by atoms with van der Waals surface area (Å²) in [5.41, 5.74) is 1.56. The average Bonchev–Trinajstić information content (AvgIpc) is 3.00. The molecule has 7 nitrogen and oxygen atoms in total. The van der Waals surface area contributed by atoms with E-state index in [1.54, 1.807) is 18.2 Å². The van der Waals surface area contributed by atoms with Gasteiger partial charge in [-0.05, 0) is 42.3 Å². The molecule has 2 aromatic carbocycles. The van der Waals surface area contributed by atoms with Gasteiger partial charge in [0.2, 0.25) is 0 Å². The number of nitrogens with one attached hydrogen (secondary N) is 1. The van der Waals surface area contributed by atoms with Crippen LogP contribution in [0.15, 0.2) is 41.3 Å². The number of hydrogen-bond acceptors (Lipinski definition) is 7. The first-order valence-corrected chi connectivity index (χ1v) is 11.2. The number of sulfone groups is 1. The fraction of sp³-hybridized carbons (Fsp3) is 0.400. The zero-order valence-electron chi connectivity index (χ0n) is 15.6. The number of nitrogens with zero attached hydrogens (tertiary/aromatic N) is 1. The molecule has 2 aliphatic rings. The molecule has 0 spiro atoms. The largest absolute Gasteiger partial charge is 0.508 e. The lowest BCUT2D eigenvalue weighted by Gasteiger charge is -2.36. The molecule has 0 bridgehead atoms. The summed E-state index contributed by atoms with van der Waals surface area (Å²) in [7, 11) is -3.27. The Hall–Kier alpha value is -2.29. The lowest BCUT2D eigenvalue weighted by atomic mass is 10.1. The first-order chi connectivity index (χ1) is 13.3. The smallest absolute Gasteiger partial charge is 0.175 e. The van der Waals surface area contributed by atoms with Gasteiger partial charge < -0.3 is 20.3 Å². The number of phenolic OH excluding ortho intramolecular Hbond substituents is 2. The molecule has 2 atom stereocenters. The zero-order chi connectivity index (χ0) is 19.9. The normalized spacial score (nSPS) is 22.8. The first-order valence-electron chi connectivity index (χ1n) is 9.29. The number of phenols is 2. The van der Waals surface area contributed by atoms with Gasteiger partial charge in [-0.2, -0.15) is 0 Å². The highest BCUT2D eigenvalue weighted by Gasteiger charge is 2.40. The molecule has 1 saturated heterocycles. The fourth-order valence-corrected chi connectivity index (χ4v) is 4.72. The van der Waals surface area contributed by atoms with Crippen LogP contribution in [-0.2, 0) is 16.3 Å². The van der Waals surface area contributed by atoms with Crippen molar-refractivity contribution in [2.45, 2.75) is 23.5 Å². The summed E-state index contributed by atoms with van der Waals surface area (Å²) in [6, 6.07) is 9.37. The maximum Gasteiger partial charge on any atom is 0.175 e. The third-order valence-electron chi connectivity index (χ3n) is 5.43. The number of benzene rings is 2. The van der Waals surface area contributed by atoms with Crippen molar-refractivity contribution >= 4 is 9.84 Å². The van der Waals surface area contributed by atoms with Crippen LogP contribution in [0.1, 0.15) is 17.2 Å². The number of hydrogen-bond donors (Lipinski definition) is 3. The zero-order valence-corrected chi connectivity index (χ0v) is 16.4. The van der Waals surface area contributed by atoms with Gasteiger partial charge in [0.05, 0.1) is 10.9 Å². The molecule has 0 amide bonds. The van der Waals surface area contributed by atoms with E-state index in [1.807, 2.05) is 0 Å². The second kappa shape index (κ2) is 7.27. The minimum atomic E-state index is -3.27. The van der Waals surface area contributed by atoms with Crippen molar-refractivity contribution in [1.29, 1.82) is 0 Å². The molecule has 1 aliphatic carbocycles. The van der Waals surface area contributed by atoms with E-state index in [0.717, 1.165) is 31.7 Å². The highest BCUT2D eigenvalue weighted by atomic mass is 32.2. The molecular formula is C20H24N2O5S. The van der Waals surface area contributed by atoms with Crippen molar-refractivity contribution in [2.24, 2.45) is 0 Å². The van der Waals surface area contributed by atoms with Gasteiger partial charge in [0.25, 0.3) is 0 Å². The van der Waals surface area contributed by atoms with E-state index in [9.17, 15) is 18.6 Å². The summed E-state index contributed by atoms with van der Waals surface area (Å²) in [4.78, 5) is 2.57. The third-order valence-corrected chi connectivity index (χ3v) is 6.56. The standard InChI is InChI=1S/C20H24N2O5S/c1-28(25,26)16-4-2-15(3-5-16)27-20-17(22-8-6-21-7-9-22)11-13-10-14(23)12-18(24)19(13)20/h2-5,10,12,17,20-21,23-24H,6-9,11H2,1H3. The van der Waals surface area contributed by atoms with E-state index >= 15 is 0 Å². The van der Waals surface area contributed by atoms with Crippen LogP contribution in [0.5, 0.6) is 17.2 Å². The molecule has 2 unspecified atom stereocenters. The number of piperazine rings is 1. The van der Waals surface area contributed by atoms with E-state index < -0.39 is 15.9 Å². The summed E-state index contributed by atoms with van der Waals surface area (Å²) in [5, 5.41) is 23.7. The van der Waals surface area contributed by atoms with E-state index in [1.165, 1.54) is 24.5 Å². The minimum absolute atomic E-state index is 0.0189. The molecule has 0 saturated carbocycles. The van der Waals surface area contributed by atoms with Gasteiger partial charge in [-0.25, -0.2) is 8.42 Å². The highest BCUT2D eigenvalue weighted by molar-refractivity contribution is 7.90. The summed E-state index contributed by atoms with van der Waals surface area (Å²) in [6.07, 6.45) is 1.43. The Kier molecular flexibility index (Phi) is 4.95. The van der Waals surface area contributed by atoms with Gasteiger partial charge >= 0.3 is 0 Å². The Morgan fingerprint density at radius 3 is 2.43 bits per heavy atom. The molecule has 28 heavy (non-hydrogen) atoms. The third kappa shape index (κ3) is 3.67. The van der Waals surface area contributed by atoms with Crippen molar-refractivity contribution in [3.63, 3.8) is 0 Å². The van der Waals surface area contributed by atoms with E-state index in [0.29, 0.717) is 17.7 Å². The van der Waals surface area contributed by atoms with Crippen LogP contribution in [0.4, 0.5) is 0 Å². The molecule has 1 aliphatic heterocycles. The molecule has 0 radical (unpaired) electrons. The predicted molar refractivity (Wildman–Crippen MR) is 105 cm³/mol. The van der Waals surface area contributed by atoms with E-state index in [4.69, 9.17) is 4.74 Å². The Balaban J connectivity index is 1.67. The molecule has 2 aromatic rings. The van der Waals surface area contributed by atoms with Crippen LogP contribution in [-0.4, -0.2) is 62.0 Å². The molecule has 1 fully saturated rings. The van der Waals surface area contributed by atoms with Crippen LogP contribution >= 0.6 is 0 Å². The second-order valence-corrected chi connectivity index (χ2v) is 9.39. The van der Waals surface area contributed by atoms with Gasteiger partial charge in [0.15, 0.2) is 9.84 Å². The maximum absolute atomic E-state index is 11.7. The van der Waals surface area contributed by atoms with Crippen LogP contribution in [0, 0.1) is 0 Å². The summed E-state index contributed by atoms with van der Waals surface area (Å²) in [6.45, 7) is 3.52. The summed E-state index contributed by atoms with van der Waals surface area (Å²) >= 11 is 0. The molecule has 4 rings (SSSR count). The van der Waals surface area contributed by atoms with Crippen LogP contribution < -0.4 is 10.1 Å². The number of fused-ring (bicyclic) bond motifs is 1. The van der Waals surface area contributed by atoms with Crippen molar-refractivity contribution in [3.8, 4) is 17.2 Å². The van der Waals surface area contributed by atoms with Gasteiger partial charge in [-0.1, -0.05) is 0 Å². The van der Waals surface area contributed by atoms with Crippen LogP contribution in [0.3, 0.4) is 0 Å². The minimum Gasteiger partial charge on any atom is -0.508 e. The Bertz CT molecular complexity index is 969. The van der Waals surface area contributed by atoms with Crippen molar-refractivity contribution in [2.75, 3.05) is 32.4 Å². The Morgan fingerprint density at radius 1 is 1.11 bits per heavy atom. The fourth-order valence-electron chi connectivity index (χ4n) is 4.09. The topological polar surface area (TPSA) is 99.1 Å². The quantitative estimate of drug-likeness (QED) is 0.709. The Morgan fingerprint density at radius 2 is 1.79 bits per heavy atom.